The smallest absolute Gasteiger partial charge is 0.212 e. The largest absolute Gasteiger partial charge is 0.329 e. The van der Waals surface area contributed by atoms with E-state index in [-0.39, 0.29) is 17.2 Å². The van der Waals surface area contributed by atoms with Crippen LogP contribution in [0.2, 0.25) is 0 Å². The van der Waals surface area contributed by atoms with Gasteiger partial charge in [-0.15, -0.1) is 0 Å². The maximum absolute atomic E-state index is 12.0. The molecule has 0 heterocycles. The fraction of sp³-hybridized carbons (Fsp3) is 1.00. The Hall–Kier alpha value is -0.130. The molecule has 0 aromatic heterocycles. The first-order valence-electron chi connectivity index (χ1n) is 6.61. The monoisotopic (exact) mass is 262 g/mol. The van der Waals surface area contributed by atoms with E-state index in [1.165, 1.54) is 12.8 Å². The van der Waals surface area contributed by atoms with Gasteiger partial charge in [-0.2, -0.15) is 0 Å². The van der Waals surface area contributed by atoms with Gasteiger partial charge in [0.15, 0.2) is 0 Å². The summed E-state index contributed by atoms with van der Waals surface area (Å²) < 4.78 is 26.9. The molecule has 5 heteroatoms. The molecule has 1 saturated carbocycles. The Morgan fingerprint density at radius 1 is 1.18 bits per heavy atom. The second-order valence-corrected chi connectivity index (χ2v) is 7.44. The third kappa shape index (κ3) is 4.94. The molecule has 0 saturated heterocycles. The van der Waals surface area contributed by atoms with Crippen LogP contribution in [-0.2, 0) is 10.0 Å². The van der Waals surface area contributed by atoms with Gasteiger partial charge in [-0.1, -0.05) is 39.5 Å². The van der Waals surface area contributed by atoms with Crippen LogP contribution in [0, 0.1) is 5.92 Å². The van der Waals surface area contributed by atoms with Crippen LogP contribution < -0.4 is 10.5 Å². The zero-order chi connectivity index (χ0) is 12.9. The molecule has 4 nitrogen and oxygen atoms in total. The van der Waals surface area contributed by atoms with Crippen molar-refractivity contribution in [2.24, 2.45) is 11.7 Å². The van der Waals surface area contributed by atoms with Crippen molar-refractivity contribution in [2.45, 2.75) is 57.9 Å². The standard InChI is InChI=1S/C12H26N2O2S/c1-11(2)9-17(15,16)14-12(10-13)7-5-3-4-6-8-12/h11,14H,3-10,13H2,1-2H3. The normalized spacial score (nSPS) is 21.4. The Morgan fingerprint density at radius 3 is 2.12 bits per heavy atom. The molecule has 102 valence electrons. The molecule has 1 aliphatic rings. The van der Waals surface area contributed by atoms with Crippen LogP contribution in [0.25, 0.3) is 0 Å². The molecule has 3 N–H and O–H groups in total. The molecule has 0 aliphatic heterocycles. The third-order valence-corrected chi connectivity index (χ3v) is 5.23. The lowest BCUT2D eigenvalue weighted by atomic mass is 9.92. The molecule has 0 aromatic carbocycles. The van der Waals surface area contributed by atoms with Gasteiger partial charge >= 0.3 is 0 Å². The maximum atomic E-state index is 12.0. The van der Waals surface area contributed by atoms with Crippen LogP contribution in [0.3, 0.4) is 0 Å². The SMILES string of the molecule is CC(C)CS(=O)(=O)NC1(CN)CCCCCC1. The lowest BCUT2D eigenvalue weighted by Gasteiger charge is -2.32. The molecular formula is C12H26N2O2S. The minimum atomic E-state index is -3.20. The van der Waals surface area contributed by atoms with Crippen molar-refractivity contribution in [3.63, 3.8) is 0 Å². The van der Waals surface area contributed by atoms with E-state index in [0.717, 1.165) is 25.7 Å². The van der Waals surface area contributed by atoms with Crippen molar-refractivity contribution in [2.75, 3.05) is 12.3 Å². The van der Waals surface area contributed by atoms with E-state index in [9.17, 15) is 8.42 Å². The summed E-state index contributed by atoms with van der Waals surface area (Å²) in [7, 11) is -3.20. The first kappa shape index (κ1) is 14.9. The highest BCUT2D eigenvalue weighted by Gasteiger charge is 2.33. The summed E-state index contributed by atoms with van der Waals surface area (Å²) in [6, 6.07) is 0. The van der Waals surface area contributed by atoms with E-state index in [1.807, 2.05) is 13.8 Å². The Morgan fingerprint density at radius 2 is 1.71 bits per heavy atom. The summed E-state index contributed by atoms with van der Waals surface area (Å²) in [6.45, 7) is 4.24. The summed E-state index contributed by atoms with van der Waals surface area (Å²) >= 11 is 0. The van der Waals surface area contributed by atoms with Crippen LogP contribution in [-0.4, -0.2) is 26.3 Å². The Labute approximate surface area is 105 Å². The molecule has 0 atom stereocenters. The number of sulfonamides is 1. The van der Waals surface area contributed by atoms with Gasteiger partial charge in [0.05, 0.1) is 5.75 Å². The minimum Gasteiger partial charge on any atom is -0.329 e. The zero-order valence-corrected chi connectivity index (χ0v) is 11.9. The number of hydrogen-bond acceptors (Lipinski definition) is 3. The van der Waals surface area contributed by atoms with Gasteiger partial charge in [-0.25, -0.2) is 13.1 Å². The van der Waals surface area contributed by atoms with Crippen LogP contribution >= 0.6 is 0 Å². The highest BCUT2D eigenvalue weighted by atomic mass is 32.2. The number of rotatable bonds is 5. The highest BCUT2D eigenvalue weighted by molar-refractivity contribution is 7.89. The minimum absolute atomic E-state index is 0.146. The van der Waals surface area contributed by atoms with Gasteiger partial charge in [-0.3, -0.25) is 0 Å². The second kappa shape index (κ2) is 6.16. The summed E-state index contributed by atoms with van der Waals surface area (Å²) in [5.41, 5.74) is 5.43. The predicted octanol–water partition coefficient (Wildman–Crippen LogP) is 1.61. The van der Waals surface area contributed by atoms with Crippen molar-refractivity contribution in [1.82, 2.24) is 4.72 Å². The number of hydrogen-bond donors (Lipinski definition) is 2. The summed E-state index contributed by atoms with van der Waals surface area (Å²) in [6.07, 6.45) is 6.27. The zero-order valence-electron chi connectivity index (χ0n) is 11.0. The van der Waals surface area contributed by atoms with E-state index in [1.54, 1.807) is 0 Å². The van der Waals surface area contributed by atoms with Crippen LogP contribution in [0.15, 0.2) is 0 Å². The fourth-order valence-electron chi connectivity index (χ4n) is 2.56. The van der Waals surface area contributed by atoms with Gasteiger partial charge in [-0.05, 0) is 18.8 Å². The van der Waals surface area contributed by atoms with E-state index in [0.29, 0.717) is 6.54 Å². The molecule has 0 spiro atoms. The van der Waals surface area contributed by atoms with Crippen molar-refractivity contribution >= 4 is 10.0 Å². The first-order valence-corrected chi connectivity index (χ1v) is 8.26. The number of nitrogens with two attached hydrogens (primary N) is 1. The van der Waals surface area contributed by atoms with E-state index in [4.69, 9.17) is 5.73 Å². The van der Waals surface area contributed by atoms with Gasteiger partial charge in [0.1, 0.15) is 0 Å². The average molecular weight is 262 g/mol. The summed E-state index contributed by atoms with van der Waals surface area (Å²) in [5.74, 6) is 0.336. The molecular weight excluding hydrogens is 236 g/mol. The van der Waals surface area contributed by atoms with Gasteiger partial charge in [0, 0.05) is 12.1 Å². The number of nitrogens with one attached hydrogen (secondary N) is 1. The van der Waals surface area contributed by atoms with E-state index in [2.05, 4.69) is 4.72 Å². The third-order valence-electron chi connectivity index (χ3n) is 3.38. The molecule has 1 rings (SSSR count). The Balaban J connectivity index is 2.73. The average Bonchev–Trinajstić information content (AvgIpc) is 2.41. The van der Waals surface area contributed by atoms with E-state index >= 15 is 0 Å². The molecule has 1 fully saturated rings. The van der Waals surface area contributed by atoms with Gasteiger partial charge in [0.2, 0.25) is 10.0 Å². The molecule has 0 radical (unpaired) electrons. The molecule has 0 aromatic rings. The molecule has 1 aliphatic carbocycles. The quantitative estimate of drug-likeness (QED) is 0.739. The van der Waals surface area contributed by atoms with Crippen LogP contribution in [0.5, 0.6) is 0 Å². The van der Waals surface area contributed by atoms with Crippen molar-refractivity contribution in [3.05, 3.63) is 0 Å². The molecule has 0 bridgehead atoms. The molecule has 0 amide bonds. The van der Waals surface area contributed by atoms with E-state index < -0.39 is 10.0 Å². The van der Waals surface area contributed by atoms with Crippen molar-refractivity contribution in [3.8, 4) is 0 Å². The first-order chi connectivity index (χ1) is 7.89. The van der Waals surface area contributed by atoms with Crippen LogP contribution in [0.4, 0.5) is 0 Å². The predicted molar refractivity (Wildman–Crippen MR) is 71.2 cm³/mol. The lowest BCUT2D eigenvalue weighted by molar-refractivity contribution is 0.342. The lowest BCUT2D eigenvalue weighted by Crippen LogP contribution is -2.54. The van der Waals surface area contributed by atoms with Crippen LogP contribution in [0.1, 0.15) is 52.4 Å². The maximum Gasteiger partial charge on any atom is 0.212 e. The highest BCUT2D eigenvalue weighted by Crippen LogP contribution is 2.27. The molecule has 17 heavy (non-hydrogen) atoms. The fourth-order valence-corrected chi connectivity index (χ4v) is 4.47. The Bertz CT molecular complexity index is 317. The van der Waals surface area contributed by atoms with Gasteiger partial charge < -0.3 is 5.73 Å². The molecule has 0 unspecified atom stereocenters. The van der Waals surface area contributed by atoms with Crippen molar-refractivity contribution in [1.29, 1.82) is 0 Å². The van der Waals surface area contributed by atoms with Gasteiger partial charge in [0.25, 0.3) is 0 Å². The summed E-state index contributed by atoms with van der Waals surface area (Å²) in [5, 5.41) is 0. The Kier molecular flexibility index (Phi) is 5.41. The van der Waals surface area contributed by atoms with Crippen molar-refractivity contribution < 1.29 is 8.42 Å². The topological polar surface area (TPSA) is 72.2 Å². The second-order valence-electron chi connectivity index (χ2n) is 5.68. The summed E-state index contributed by atoms with van der Waals surface area (Å²) in [4.78, 5) is 0.